The van der Waals surface area contributed by atoms with Crippen LogP contribution < -0.4 is 0 Å². The van der Waals surface area contributed by atoms with Gasteiger partial charge in [0.15, 0.2) is 5.78 Å². The van der Waals surface area contributed by atoms with E-state index in [2.05, 4.69) is 20.8 Å². The van der Waals surface area contributed by atoms with Crippen LogP contribution in [-0.2, 0) is 12.0 Å². The van der Waals surface area contributed by atoms with Crippen molar-refractivity contribution in [3.05, 3.63) is 39.6 Å². The van der Waals surface area contributed by atoms with Crippen LogP contribution in [-0.4, -0.2) is 15.3 Å². The Morgan fingerprint density at radius 2 is 1.95 bits per heavy atom. The van der Waals surface area contributed by atoms with Gasteiger partial charge in [-0.05, 0) is 6.07 Å². The summed E-state index contributed by atoms with van der Waals surface area (Å²) >= 11 is 0. The van der Waals surface area contributed by atoms with E-state index >= 15 is 0 Å². The number of nitro groups is 1. The van der Waals surface area contributed by atoms with Crippen LogP contribution in [0.4, 0.5) is 5.69 Å². The Labute approximate surface area is 110 Å². The van der Waals surface area contributed by atoms with Crippen LogP contribution in [0.5, 0.6) is 0 Å². The molecule has 98 valence electrons. The summed E-state index contributed by atoms with van der Waals surface area (Å²) in [7, 11) is 0. The van der Waals surface area contributed by atoms with Crippen LogP contribution in [0.3, 0.4) is 0 Å². The maximum Gasteiger partial charge on any atom is 0.270 e. The van der Waals surface area contributed by atoms with E-state index in [1.165, 1.54) is 6.07 Å². The number of rotatable bonds is 1. The van der Waals surface area contributed by atoms with E-state index in [4.69, 9.17) is 0 Å². The molecule has 0 saturated heterocycles. The highest BCUT2D eigenvalue weighted by molar-refractivity contribution is 6.12. The molecule has 0 amide bonds. The third-order valence-corrected chi connectivity index (χ3v) is 3.56. The van der Waals surface area contributed by atoms with E-state index in [-0.39, 0.29) is 23.4 Å². The van der Waals surface area contributed by atoms with E-state index in [1.54, 1.807) is 6.07 Å². The average molecular weight is 258 g/mol. The summed E-state index contributed by atoms with van der Waals surface area (Å²) in [5.74, 6) is -0.0465. The molecule has 2 aromatic rings. The molecule has 0 unspecified atom stereocenters. The first-order valence-electron chi connectivity index (χ1n) is 6.14. The molecular weight excluding hydrogens is 244 g/mol. The molecule has 0 aliphatic carbocycles. The third kappa shape index (κ3) is 1.58. The van der Waals surface area contributed by atoms with Gasteiger partial charge in [0.2, 0.25) is 0 Å². The number of hydrogen-bond donors (Lipinski definition) is 0. The fourth-order valence-electron chi connectivity index (χ4n) is 2.73. The minimum Gasteiger partial charge on any atom is -0.336 e. The molecule has 5 nitrogen and oxygen atoms in total. The van der Waals surface area contributed by atoms with Crippen LogP contribution in [0.1, 0.15) is 36.8 Å². The normalized spacial score (nSPS) is 14.4. The molecule has 1 aliphatic heterocycles. The Kier molecular flexibility index (Phi) is 2.15. The van der Waals surface area contributed by atoms with Gasteiger partial charge in [-0.15, -0.1) is 0 Å². The van der Waals surface area contributed by atoms with Gasteiger partial charge in [0, 0.05) is 28.6 Å². The number of benzene rings is 1. The summed E-state index contributed by atoms with van der Waals surface area (Å²) in [5, 5.41) is 11.7. The van der Waals surface area contributed by atoms with Crippen LogP contribution >= 0.6 is 0 Å². The van der Waals surface area contributed by atoms with Crippen molar-refractivity contribution in [2.75, 3.05) is 0 Å². The molecule has 5 heteroatoms. The van der Waals surface area contributed by atoms with Gasteiger partial charge < -0.3 is 4.57 Å². The summed E-state index contributed by atoms with van der Waals surface area (Å²) < 4.78 is 1.98. The number of nitrogens with zero attached hydrogens (tertiary/aromatic N) is 2. The van der Waals surface area contributed by atoms with Gasteiger partial charge in [0.25, 0.3) is 5.69 Å². The zero-order valence-electron chi connectivity index (χ0n) is 11.1. The quantitative estimate of drug-likeness (QED) is 0.583. The predicted octanol–water partition coefficient (Wildman–Crippen LogP) is 3.04. The lowest BCUT2D eigenvalue weighted by Gasteiger charge is -2.20. The van der Waals surface area contributed by atoms with Crippen molar-refractivity contribution in [3.8, 4) is 0 Å². The lowest BCUT2D eigenvalue weighted by Crippen LogP contribution is -2.17. The fourth-order valence-corrected chi connectivity index (χ4v) is 2.73. The van der Waals surface area contributed by atoms with E-state index in [0.29, 0.717) is 5.56 Å². The van der Waals surface area contributed by atoms with Crippen molar-refractivity contribution in [3.63, 3.8) is 0 Å². The van der Waals surface area contributed by atoms with Crippen molar-refractivity contribution < 1.29 is 9.72 Å². The molecular formula is C14H14N2O3. The van der Waals surface area contributed by atoms with Crippen LogP contribution in [0.15, 0.2) is 18.2 Å². The Bertz CT molecular complexity index is 735. The van der Waals surface area contributed by atoms with Gasteiger partial charge in [-0.1, -0.05) is 20.8 Å². The number of carbonyl (C=O) groups excluding carboxylic acids is 1. The Morgan fingerprint density at radius 1 is 1.26 bits per heavy atom. The molecule has 0 bridgehead atoms. The number of Topliss-reactive ketones (excluding diaryl/α,β-unsaturated/α-hetero) is 1. The van der Waals surface area contributed by atoms with Crippen molar-refractivity contribution >= 4 is 22.4 Å². The van der Waals surface area contributed by atoms with Gasteiger partial charge in [-0.3, -0.25) is 14.9 Å². The van der Waals surface area contributed by atoms with Crippen LogP contribution in [0, 0.1) is 10.1 Å². The number of carbonyl (C=O) groups is 1. The molecule has 1 aromatic heterocycles. The van der Waals surface area contributed by atoms with E-state index in [1.807, 2.05) is 10.6 Å². The largest absolute Gasteiger partial charge is 0.336 e. The fraction of sp³-hybridized carbons (Fsp3) is 0.357. The molecule has 0 radical (unpaired) electrons. The first-order chi connectivity index (χ1) is 8.79. The van der Waals surface area contributed by atoms with Crippen molar-refractivity contribution in [2.45, 2.75) is 32.7 Å². The number of non-ortho nitro benzene ring substituents is 1. The topological polar surface area (TPSA) is 65.1 Å². The van der Waals surface area contributed by atoms with Crippen molar-refractivity contribution in [1.29, 1.82) is 0 Å². The molecule has 1 aromatic carbocycles. The van der Waals surface area contributed by atoms with Gasteiger partial charge in [0.1, 0.15) is 0 Å². The standard InChI is InChI=1S/C14H14N2O3/c1-14(2,3)12-5-8-4-9(16(18)19)6-10-11(17)7-15(12)13(8)10/h4-6H,7H2,1-3H3. The molecule has 0 N–H and O–H groups in total. The van der Waals surface area contributed by atoms with E-state index in [0.717, 1.165) is 16.6 Å². The van der Waals surface area contributed by atoms with Gasteiger partial charge in [-0.2, -0.15) is 0 Å². The average Bonchev–Trinajstić information content (AvgIpc) is 2.81. The van der Waals surface area contributed by atoms with E-state index < -0.39 is 4.92 Å². The van der Waals surface area contributed by atoms with E-state index in [9.17, 15) is 14.9 Å². The number of hydrogen-bond acceptors (Lipinski definition) is 3. The first kappa shape index (κ1) is 11.9. The molecule has 0 spiro atoms. The first-order valence-corrected chi connectivity index (χ1v) is 6.14. The second-order valence-corrected chi connectivity index (χ2v) is 5.98. The zero-order chi connectivity index (χ0) is 13.9. The molecule has 19 heavy (non-hydrogen) atoms. The molecule has 0 saturated carbocycles. The maximum absolute atomic E-state index is 12.0. The third-order valence-electron chi connectivity index (χ3n) is 3.56. The second kappa shape index (κ2) is 3.44. The number of nitro benzene ring substituents is 1. The highest BCUT2D eigenvalue weighted by atomic mass is 16.6. The van der Waals surface area contributed by atoms with Crippen molar-refractivity contribution in [2.24, 2.45) is 0 Å². The molecule has 3 rings (SSSR count). The molecule has 0 fully saturated rings. The number of aromatic nitrogens is 1. The maximum atomic E-state index is 12.0. The summed E-state index contributed by atoms with van der Waals surface area (Å²) in [6, 6.07) is 4.89. The van der Waals surface area contributed by atoms with Gasteiger partial charge in [0.05, 0.1) is 22.5 Å². The Hall–Kier alpha value is -2.17. The predicted molar refractivity (Wildman–Crippen MR) is 71.6 cm³/mol. The zero-order valence-corrected chi connectivity index (χ0v) is 11.1. The number of ketones is 1. The Balaban J connectivity index is 2.39. The van der Waals surface area contributed by atoms with Gasteiger partial charge >= 0.3 is 0 Å². The lowest BCUT2D eigenvalue weighted by atomic mass is 9.92. The summed E-state index contributed by atoms with van der Waals surface area (Å²) in [5.41, 5.74) is 2.22. The lowest BCUT2D eigenvalue weighted by molar-refractivity contribution is -0.384. The van der Waals surface area contributed by atoms with Gasteiger partial charge in [-0.25, -0.2) is 0 Å². The summed E-state index contributed by atoms with van der Waals surface area (Å²) in [6.45, 7) is 6.50. The SMILES string of the molecule is CC(C)(C)c1cc2cc([N+](=O)[O-])cc3c2n1CC3=O. The van der Waals surface area contributed by atoms with Crippen molar-refractivity contribution in [1.82, 2.24) is 4.57 Å². The highest BCUT2D eigenvalue weighted by Crippen LogP contribution is 2.37. The van der Waals surface area contributed by atoms with Crippen LogP contribution in [0.25, 0.3) is 10.9 Å². The second-order valence-electron chi connectivity index (χ2n) is 5.98. The highest BCUT2D eigenvalue weighted by Gasteiger charge is 2.31. The monoisotopic (exact) mass is 258 g/mol. The summed E-state index contributed by atoms with van der Waals surface area (Å²) in [6.07, 6.45) is 0. The minimum atomic E-state index is -0.449. The summed E-state index contributed by atoms with van der Waals surface area (Å²) in [4.78, 5) is 22.5. The molecule has 0 atom stereocenters. The molecule has 1 aliphatic rings. The van der Waals surface area contributed by atoms with Crippen LogP contribution in [0.2, 0.25) is 0 Å². The smallest absolute Gasteiger partial charge is 0.270 e. The molecule has 2 heterocycles. The Morgan fingerprint density at radius 3 is 2.53 bits per heavy atom. The minimum absolute atomic E-state index is 0.0182.